The molecule has 0 aliphatic heterocycles. The highest BCUT2D eigenvalue weighted by atomic mass is 16.3. The van der Waals surface area contributed by atoms with E-state index in [1.165, 1.54) is 0 Å². The fourth-order valence-electron chi connectivity index (χ4n) is 3.65. The lowest BCUT2D eigenvalue weighted by molar-refractivity contribution is -0.127. The topological polar surface area (TPSA) is 49.3 Å². The van der Waals surface area contributed by atoms with Crippen molar-refractivity contribution in [1.29, 1.82) is 0 Å². The van der Waals surface area contributed by atoms with Crippen molar-refractivity contribution in [2.45, 2.75) is 50.7 Å². The average Bonchev–Trinajstić information content (AvgIpc) is 2.94. The molecule has 0 aromatic rings. The number of aliphatic hydroxyl groups is 1. The zero-order valence-electron chi connectivity index (χ0n) is 10.1. The molecule has 2 saturated carbocycles. The van der Waals surface area contributed by atoms with Crippen molar-refractivity contribution < 1.29 is 9.90 Å². The summed E-state index contributed by atoms with van der Waals surface area (Å²) in [5, 5.41) is 12.9. The highest BCUT2D eigenvalue weighted by Crippen LogP contribution is 2.43. The quantitative estimate of drug-likeness (QED) is 0.715. The Balaban J connectivity index is 1.58. The fourth-order valence-corrected chi connectivity index (χ4v) is 3.65. The van der Waals surface area contributed by atoms with Crippen molar-refractivity contribution in [1.82, 2.24) is 5.32 Å². The van der Waals surface area contributed by atoms with Gasteiger partial charge in [0, 0.05) is 5.92 Å². The first-order chi connectivity index (χ1) is 8.24. The van der Waals surface area contributed by atoms with Gasteiger partial charge in [0.05, 0.1) is 12.1 Å². The minimum Gasteiger partial charge on any atom is -0.391 e. The Bertz CT molecular complexity index is 339. The average molecular weight is 235 g/mol. The number of allylic oxidation sites excluding steroid dienone is 2. The summed E-state index contributed by atoms with van der Waals surface area (Å²) >= 11 is 0. The maximum absolute atomic E-state index is 12.2. The lowest BCUT2D eigenvalue weighted by Crippen LogP contribution is -2.47. The van der Waals surface area contributed by atoms with E-state index in [4.69, 9.17) is 0 Å². The number of fused-ring (bicyclic) bond motifs is 2. The highest BCUT2D eigenvalue weighted by molar-refractivity contribution is 5.80. The number of amides is 1. The first kappa shape index (κ1) is 11.3. The van der Waals surface area contributed by atoms with Crippen LogP contribution in [0.2, 0.25) is 0 Å². The minimum atomic E-state index is -0.332. The van der Waals surface area contributed by atoms with Gasteiger partial charge in [-0.25, -0.2) is 0 Å². The smallest absolute Gasteiger partial charge is 0.224 e. The van der Waals surface area contributed by atoms with Gasteiger partial charge in [0.15, 0.2) is 0 Å². The molecule has 3 aliphatic carbocycles. The lowest BCUT2D eigenvalue weighted by Gasteiger charge is -2.30. The third-order valence-corrected chi connectivity index (χ3v) is 4.67. The molecule has 0 aromatic carbocycles. The van der Waals surface area contributed by atoms with Gasteiger partial charge in [0.2, 0.25) is 5.91 Å². The summed E-state index contributed by atoms with van der Waals surface area (Å²) in [4.78, 5) is 12.2. The molecule has 0 spiro atoms. The number of carbonyl (C=O) groups excluding carboxylic acids is 1. The first-order valence-electron chi connectivity index (χ1n) is 6.91. The van der Waals surface area contributed by atoms with Crippen LogP contribution in [0.25, 0.3) is 0 Å². The standard InChI is InChI=1S/C14H21NO2/c16-13-4-2-1-3-12(13)15-14(17)11-8-9-5-6-10(11)7-9/h5-6,9-13,16H,1-4,7-8H2,(H,15,17)/t9?,10?,11?,12-,13-/m1/s1. The Morgan fingerprint density at radius 2 is 2.00 bits per heavy atom. The second-order valence-corrected chi connectivity index (χ2v) is 5.85. The van der Waals surface area contributed by atoms with Gasteiger partial charge in [-0.2, -0.15) is 0 Å². The van der Waals surface area contributed by atoms with E-state index in [0.29, 0.717) is 11.8 Å². The molecular weight excluding hydrogens is 214 g/mol. The van der Waals surface area contributed by atoms with Crippen LogP contribution in [0.15, 0.2) is 12.2 Å². The van der Waals surface area contributed by atoms with Gasteiger partial charge in [0.1, 0.15) is 0 Å². The van der Waals surface area contributed by atoms with Gasteiger partial charge in [-0.15, -0.1) is 0 Å². The van der Waals surface area contributed by atoms with E-state index in [2.05, 4.69) is 17.5 Å². The molecule has 0 heterocycles. The van der Waals surface area contributed by atoms with Gasteiger partial charge < -0.3 is 10.4 Å². The second kappa shape index (κ2) is 4.45. The normalized spacial score (nSPS) is 43.9. The number of aliphatic hydroxyl groups excluding tert-OH is 1. The van der Waals surface area contributed by atoms with E-state index in [1.807, 2.05) is 0 Å². The highest BCUT2D eigenvalue weighted by Gasteiger charge is 2.40. The lowest BCUT2D eigenvalue weighted by atomic mass is 9.89. The van der Waals surface area contributed by atoms with Crippen LogP contribution < -0.4 is 5.32 Å². The van der Waals surface area contributed by atoms with Crippen LogP contribution >= 0.6 is 0 Å². The zero-order valence-corrected chi connectivity index (χ0v) is 10.1. The number of hydrogen-bond acceptors (Lipinski definition) is 2. The maximum Gasteiger partial charge on any atom is 0.224 e. The monoisotopic (exact) mass is 235 g/mol. The number of carbonyl (C=O) groups is 1. The molecule has 3 unspecified atom stereocenters. The van der Waals surface area contributed by atoms with Crippen molar-refractivity contribution in [3.63, 3.8) is 0 Å². The molecule has 2 fully saturated rings. The summed E-state index contributed by atoms with van der Waals surface area (Å²) in [6, 6.07) is -0.000596. The molecule has 2 bridgehead atoms. The molecule has 3 nitrogen and oxygen atoms in total. The molecule has 0 saturated heterocycles. The SMILES string of the molecule is O=C(N[C@@H]1CCCC[C@H]1O)C1CC2C=CC1C2. The molecule has 3 aliphatic rings. The summed E-state index contributed by atoms with van der Waals surface area (Å²) in [6.07, 6.45) is 10.3. The summed E-state index contributed by atoms with van der Waals surface area (Å²) in [5.74, 6) is 1.43. The molecule has 0 radical (unpaired) electrons. The Kier molecular flexibility index (Phi) is 2.95. The summed E-state index contributed by atoms with van der Waals surface area (Å²) < 4.78 is 0. The van der Waals surface area contributed by atoms with Gasteiger partial charge in [-0.1, -0.05) is 25.0 Å². The van der Waals surface area contributed by atoms with Crippen LogP contribution in [0.4, 0.5) is 0 Å². The first-order valence-corrected chi connectivity index (χ1v) is 6.91. The van der Waals surface area contributed by atoms with Crippen molar-refractivity contribution in [2.24, 2.45) is 17.8 Å². The van der Waals surface area contributed by atoms with Crippen molar-refractivity contribution in [3.8, 4) is 0 Å². The van der Waals surface area contributed by atoms with Crippen LogP contribution in [0.3, 0.4) is 0 Å². The van der Waals surface area contributed by atoms with E-state index in [0.717, 1.165) is 38.5 Å². The molecule has 3 rings (SSSR count). The summed E-state index contributed by atoms with van der Waals surface area (Å²) in [6.45, 7) is 0. The minimum absolute atomic E-state index is 0.000596. The van der Waals surface area contributed by atoms with E-state index in [-0.39, 0.29) is 24.0 Å². The van der Waals surface area contributed by atoms with Gasteiger partial charge >= 0.3 is 0 Å². The molecule has 94 valence electrons. The molecule has 3 heteroatoms. The van der Waals surface area contributed by atoms with E-state index in [9.17, 15) is 9.90 Å². The summed E-state index contributed by atoms with van der Waals surface area (Å²) in [7, 11) is 0. The number of rotatable bonds is 2. The van der Waals surface area contributed by atoms with Gasteiger partial charge in [0.25, 0.3) is 0 Å². The number of nitrogens with one attached hydrogen (secondary N) is 1. The molecule has 2 N–H and O–H groups in total. The summed E-state index contributed by atoms with van der Waals surface area (Å²) in [5.41, 5.74) is 0. The van der Waals surface area contributed by atoms with Crippen LogP contribution in [0, 0.1) is 17.8 Å². The van der Waals surface area contributed by atoms with Crippen LogP contribution in [-0.4, -0.2) is 23.2 Å². The third kappa shape index (κ3) is 2.13. The zero-order chi connectivity index (χ0) is 11.8. The molecule has 0 aromatic heterocycles. The van der Waals surface area contributed by atoms with Crippen molar-refractivity contribution in [3.05, 3.63) is 12.2 Å². The van der Waals surface area contributed by atoms with Crippen LogP contribution in [0.5, 0.6) is 0 Å². The molecule has 1 amide bonds. The van der Waals surface area contributed by atoms with E-state index in [1.54, 1.807) is 0 Å². The Morgan fingerprint density at radius 3 is 2.65 bits per heavy atom. The van der Waals surface area contributed by atoms with Crippen molar-refractivity contribution in [2.75, 3.05) is 0 Å². The third-order valence-electron chi connectivity index (χ3n) is 4.67. The van der Waals surface area contributed by atoms with E-state index >= 15 is 0 Å². The van der Waals surface area contributed by atoms with Crippen LogP contribution in [-0.2, 0) is 4.79 Å². The molecule has 5 atom stereocenters. The Morgan fingerprint density at radius 1 is 1.18 bits per heavy atom. The van der Waals surface area contributed by atoms with Gasteiger partial charge in [-0.05, 0) is 37.5 Å². The predicted octanol–water partition coefficient (Wildman–Crippen LogP) is 1.62. The van der Waals surface area contributed by atoms with E-state index < -0.39 is 0 Å². The van der Waals surface area contributed by atoms with Crippen molar-refractivity contribution >= 4 is 5.91 Å². The largest absolute Gasteiger partial charge is 0.391 e. The molecular formula is C14H21NO2. The molecule has 17 heavy (non-hydrogen) atoms. The van der Waals surface area contributed by atoms with Gasteiger partial charge in [-0.3, -0.25) is 4.79 Å². The fraction of sp³-hybridized carbons (Fsp3) is 0.786. The Hall–Kier alpha value is -0.830. The number of hydrogen-bond donors (Lipinski definition) is 2. The predicted molar refractivity (Wildman–Crippen MR) is 65.2 cm³/mol. The maximum atomic E-state index is 12.2. The Labute approximate surface area is 102 Å². The van der Waals surface area contributed by atoms with Crippen LogP contribution in [0.1, 0.15) is 38.5 Å². The second-order valence-electron chi connectivity index (χ2n) is 5.85.